The van der Waals surface area contributed by atoms with Crippen LogP contribution in [0.3, 0.4) is 0 Å². The van der Waals surface area contributed by atoms with Crippen molar-refractivity contribution in [2.45, 2.75) is 13.0 Å². The Labute approximate surface area is 73.6 Å². The van der Waals surface area contributed by atoms with Crippen LogP contribution in [0.1, 0.15) is 18.6 Å². The van der Waals surface area contributed by atoms with E-state index in [-0.39, 0.29) is 0 Å². The molecule has 12 heavy (non-hydrogen) atoms. The maximum Gasteiger partial charge on any atom is 0.144 e. The Morgan fingerprint density at radius 2 is 2.17 bits per heavy atom. The van der Waals surface area contributed by atoms with Crippen molar-refractivity contribution in [1.82, 2.24) is 0 Å². The number of rotatable bonds is 2. The fourth-order valence-corrected chi connectivity index (χ4v) is 1.31. The minimum Gasteiger partial charge on any atom is -0.497 e. The molecule has 1 aromatic carbocycles. The summed E-state index contributed by atoms with van der Waals surface area (Å²) in [6.45, 7) is 1.75. The van der Waals surface area contributed by atoms with Crippen molar-refractivity contribution in [2.75, 3.05) is 7.11 Å². The molecule has 0 aliphatic heterocycles. The van der Waals surface area contributed by atoms with E-state index in [1.807, 2.05) is 26.0 Å². The predicted octanol–water partition coefficient (Wildman–Crippen LogP) is 0.00690. The standard InChI is InChI=1S/C9H13BO2/c1-6(11)7-4-3-5-8(12-2)9(7)10/h3-6,11H,10H2,1-2H3/t6-/m1/s1. The van der Waals surface area contributed by atoms with Crippen LogP contribution in [0.4, 0.5) is 0 Å². The van der Waals surface area contributed by atoms with E-state index >= 15 is 0 Å². The molecule has 0 heterocycles. The highest BCUT2D eigenvalue weighted by molar-refractivity contribution is 6.35. The Morgan fingerprint density at radius 3 is 2.67 bits per heavy atom. The predicted molar refractivity (Wildman–Crippen MR) is 51.8 cm³/mol. The third-order valence-electron chi connectivity index (χ3n) is 2.00. The molecule has 0 bridgehead atoms. The monoisotopic (exact) mass is 164 g/mol. The summed E-state index contributed by atoms with van der Waals surface area (Å²) in [5.74, 6) is 0.827. The Morgan fingerprint density at radius 1 is 1.50 bits per heavy atom. The zero-order valence-electron chi connectivity index (χ0n) is 7.66. The van der Waals surface area contributed by atoms with Crippen LogP contribution in [-0.4, -0.2) is 20.1 Å². The lowest BCUT2D eigenvalue weighted by molar-refractivity contribution is 0.200. The van der Waals surface area contributed by atoms with Crippen LogP contribution >= 0.6 is 0 Å². The minimum absolute atomic E-state index is 0.430. The molecule has 0 saturated heterocycles. The lowest BCUT2D eigenvalue weighted by Gasteiger charge is -2.12. The molecule has 0 spiro atoms. The molecule has 1 atom stereocenters. The highest BCUT2D eigenvalue weighted by atomic mass is 16.5. The van der Waals surface area contributed by atoms with E-state index in [4.69, 9.17) is 4.74 Å². The normalized spacial score (nSPS) is 12.6. The first kappa shape index (κ1) is 9.14. The third kappa shape index (κ3) is 1.61. The summed E-state index contributed by atoms with van der Waals surface area (Å²) in [6, 6.07) is 5.68. The van der Waals surface area contributed by atoms with Crippen LogP contribution in [0.5, 0.6) is 5.75 Å². The molecule has 0 aliphatic carbocycles. The molecular weight excluding hydrogens is 151 g/mol. The van der Waals surface area contributed by atoms with Gasteiger partial charge in [0.05, 0.1) is 13.2 Å². The average molecular weight is 164 g/mol. The van der Waals surface area contributed by atoms with Crippen molar-refractivity contribution >= 4 is 13.3 Å². The second-order valence-corrected chi connectivity index (χ2v) is 2.85. The fraction of sp³-hybridized carbons (Fsp3) is 0.333. The lowest BCUT2D eigenvalue weighted by atomic mass is 9.87. The van der Waals surface area contributed by atoms with Gasteiger partial charge in [0, 0.05) is 0 Å². The molecule has 0 amide bonds. The first-order valence-electron chi connectivity index (χ1n) is 3.98. The number of hydrogen-bond donors (Lipinski definition) is 1. The first-order chi connectivity index (χ1) is 5.66. The van der Waals surface area contributed by atoms with Crippen molar-refractivity contribution in [3.63, 3.8) is 0 Å². The van der Waals surface area contributed by atoms with Gasteiger partial charge in [-0.3, -0.25) is 0 Å². The van der Waals surface area contributed by atoms with Crippen LogP contribution in [0.25, 0.3) is 0 Å². The van der Waals surface area contributed by atoms with Crippen LogP contribution < -0.4 is 10.2 Å². The quantitative estimate of drug-likeness (QED) is 0.623. The highest BCUT2D eigenvalue weighted by Crippen LogP contribution is 2.14. The number of aliphatic hydroxyl groups excluding tert-OH is 1. The van der Waals surface area contributed by atoms with E-state index in [9.17, 15) is 5.11 Å². The first-order valence-corrected chi connectivity index (χ1v) is 3.98. The summed E-state index contributed by atoms with van der Waals surface area (Å²) in [6.07, 6.45) is -0.430. The number of benzene rings is 1. The van der Waals surface area contributed by atoms with E-state index < -0.39 is 6.10 Å². The summed E-state index contributed by atoms with van der Waals surface area (Å²) in [5, 5.41) is 9.37. The molecule has 0 aliphatic rings. The zero-order valence-corrected chi connectivity index (χ0v) is 7.66. The molecule has 1 aromatic rings. The molecule has 0 aromatic heterocycles. The van der Waals surface area contributed by atoms with Gasteiger partial charge in [0.1, 0.15) is 13.6 Å². The Balaban J connectivity index is 3.14. The summed E-state index contributed by atoms with van der Waals surface area (Å²) in [4.78, 5) is 0. The van der Waals surface area contributed by atoms with Gasteiger partial charge in [-0.15, -0.1) is 0 Å². The molecule has 0 unspecified atom stereocenters. The number of ether oxygens (including phenoxy) is 1. The van der Waals surface area contributed by atoms with Crippen molar-refractivity contribution in [1.29, 1.82) is 0 Å². The van der Waals surface area contributed by atoms with Crippen LogP contribution in [0, 0.1) is 0 Å². The Bertz CT molecular complexity index is 271. The number of aliphatic hydroxyl groups is 1. The molecule has 0 saturated carbocycles. The van der Waals surface area contributed by atoms with Crippen LogP contribution in [-0.2, 0) is 0 Å². The van der Waals surface area contributed by atoms with Gasteiger partial charge in [0.25, 0.3) is 0 Å². The molecule has 64 valence electrons. The van der Waals surface area contributed by atoms with Gasteiger partial charge in [-0.05, 0) is 24.0 Å². The smallest absolute Gasteiger partial charge is 0.144 e. The van der Waals surface area contributed by atoms with Crippen molar-refractivity contribution < 1.29 is 9.84 Å². The van der Waals surface area contributed by atoms with Crippen molar-refractivity contribution in [3.05, 3.63) is 23.8 Å². The van der Waals surface area contributed by atoms with Crippen molar-refractivity contribution in [2.24, 2.45) is 0 Å². The van der Waals surface area contributed by atoms with E-state index in [2.05, 4.69) is 0 Å². The largest absolute Gasteiger partial charge is 0.497 e. The SMILES string of the molecule is Bc1c(OC)cccc1[C@@H](C)O. The summed E-state index contributed by atoms with van der Waals surface area (Å²) >= 11 is 0. The van der Waals surface area contributed by atoms with Gasteiger partial charge in [-0.1, -0.05) is 12.1 Å². The van der Waals surface area contributed by atoms with Crippen LogP contribution in [0.15, 0.2) is 18.2 Å². The summed E-state index contributed by atoms with van der Waals surface area (Å²) < 4.78 is 5.12. The second kappa shape index (κ2) is 3.63. The third-order valence-corrected chi connectivity index (χ3v) is 2.00. The molecule has 1 N–H and O–H groups in total. The van der Waals surface area contributed by atoms with Gasteiger partial charge in [0.15, 0.2) is 0 Å². The van der Waals surface area contributed by atoms with E-state index in [1.165, 1.54) is 0 Å². The van der Waals surface area contributed by atoms with Crippen molar-refractivity contribution in [3.8, 4) is 5.75 Å². The fourth-order valence-electron chi connectivity index (χ4n) is 1.31. The summed E-state index contributed by atoms with van der Waals surface area (Å²) in [5.41, 5.74) is 1.93. The topological polar surface area (TPSA) is 29.5 Å². The zero-order chi connectivity index (χ0) is 9.14. The molecule has 2 nitrogen and oxygen atoms in total. The molecule has 3 heteroatoms. The lowest BCUT2D eigenvalue weighted by Crippen LogP contribution is -2.15. The maximum absolute atomic E-state index is 9.37. The number of methoxy groups -OCH3 is 1. The van der Waals surface area contributed by atoms with E-state index in [1.54, 1.807) is 14.0 Å². The van der Waals surface area contributed by atoms with Gasteiger partial charge < -0.3 is 9.84 Å². The minimum atomic E-state index is -0.430. The van der Waals surface area contributed by atoms with Gasteiger partial charge in [-0.2, -0.15) is 0 Å². The van der Waals surface area contributed by atoms with Gasteiger partial charge >= 0.3 is 0 Å². The summed E-state index contributed by atoms with van der Waals surface area (Å²) in [7, 11) is 3.58. The number of hydrogen-bond acceptors (Lipinski definition) is 2. The van der Waals surface area contributed by atoms with Gasteiger partial charge in [0.2, 0.25) is 0 Å². The second-order valence-electron chi connectivity index (χ2n) is 2.85. The van der Waals surface area contributed by atoms with E-state index in [0.29, 0.717) is 0 Å². The van der Waals surface area contributed by atoms with Crippen LogP contribution in [0.2, 0.25) is 0 Å². The maximum atomic E-state index is 9.37. The molecular formula is C9H13BO2. The average Bonchev–Trinajstić information content (AvgIpc) is 2.04. The highest BCUT2D eigenvalue weighted by Gasteiger charge is 2.07. The molecule has 0 fully saturated rings. The van der Waals surface area contributed by atoms with E-state index in [0.717, 1.165) is 16.8 Å². The molecule has 0 radical (unpaired) electrons. The van der Waals surface area contributed by atoms with Gasteiger partial charge in [-0.25, -0.2) is 0 Å². The Kier molecular flexibility index (Phi) is 2.76. The molecule has 1 rings (SSSR count). The Hall–Kier alpha value is -0.955.